The highest BCUT2D eigenvalue weighted by Gasteiger charge is 2.06. The Morgan fingerprint density at radius 2 is 1.62 bits per heavy atom. The zero-order valence-electron chi connectivity index (χ0n) is 17.3. The molecule has 10 nitrogen and oxygen atoms in total. The summed E-state index contributed by atoms with van der Waals surface area (Å²) in [6, 6.07) is 17.2. The Kier molecular flexibility index (Phi) is 6.86. The topological polar surface area (TPSA) is 133 Å². The molecule has 0 unspecified atom stereocenters. The van der Waals surface area contributed by atoms with Crippen LogP contribution in [0.25, 0.3) is 0 Å². The summed E-state index contributed by atoms with van der Waals surface area (Å²) >= 11 is 0. The van der Waals surface area contributed by atoms with Crippen LogP contribution in [0.4, 0.5) is 22.7 Å². The second-order valence-electron chi connectivity index (χ2n) is 6.86. The zero-order chi connectivity index (χ0) is 23.1. The number of nitro groups is 1. The van der Waals surface area contributed by atoms with E-state index in [1.54, 1.807) is 18.2 Å². The number of nitrogens with zero attached hydrogens (tertiary/aromatic N) is 5. The van der Waals surface area contributed by atoms with E-state index in [0.29, 0.717) is 22.5 Å². The number of anilines is 1. The molecule has 0 radical (unpaired) electrons. The van der Waals surface area contributed by atoms with Gasteiger partial charge in [0.25, 0.3) is 11.6 Å². The van der Waals surface area contributed by atoms with Crippen LogP contribution in [-0.4, -0.2) is 36.2 Å². The molecule has 0 heterocycles. The van der Waals surface area contributed by atoms with Gasteiger partial charge in [-0.1, -0.05) is 0 Å². The monoisotopic (exact) mass is 432 g/mol. The largest absolute Gasteiger partial charge is 0.507 e. The fourth-order valence-corrected chi connectivity index (χ4v) is 2.60. The van der Waals surface area contributed by atoms with E-state index in [1.165, 1.54) is 42.6 Å². The van der Waals surface area contributed by atoms with E-state index in [0.717, 1.165) is 5.69 Å². The molecule has 3 aromatic rings. The minimum Gasteiger partial charge on any atom is -0.507 e. The summed E-state index contributed by atoms with van der Waals surface area (Å²) in [5.74, 6) is -0.437. The van der Waals surface area contributed by atoms with Gasteiger partial charge in [-0.25, -0.2) is 5.43 Å². The molecule has 0 atom stereocenters. The molecule has 1 amide bonds. The Hall–Kier alpha value is -4.60. The molecule has 0 saturated heterocycles. The van der Waals surface area contributed by atoms with Gasteiger partial charge in [0.15, 0.2) is 0 Å². The van der Waals surface area contributed by atoms with Crippen molar-refractivity contribution >= 4 is 34.9 Å². The summed E-state index contributed by atoms with van der Waals surface area (Å²) in [7, 11) is 3.82. The molecule has 162 valence electrons. The van der Waals surface area contributed by atoms with Crippen LogP contribution in [0, 0.1) is 10.1 Å². The van der Waals surface area contributed by atoms with Gasteiger partial charge in [-0.05, 0) is 54.6 Å². The molecule has 0 aliphatic heterocycles. The zero-order valence-corrected chi connectivity index (χ0v) is 17.3. The molecule has 0 aliphatic carbocycles. The fourth-order valence-electron chi connectivity index (χ4n) is 2.60. The van der Waals surface area contributed by atoms with Crippen molar-refractivity contribution in [2.75, 3.05) is 19.0 Å². The standard InChI is InChI=1S/C22H20N6O4/c1-27(2)19-8-3-15(4-9-19)22(30)26-23-14-16-13-18(7-12-21(16)29)25-24-17-5-10-20(11-6-17)28(31)32/h3-14,29H,1-2H3,(H,26,30)/b23-14+,25-24?. The molecule has 3 aromatic carbocycles. The summed E-state index contributed by atoms with van der Waals surface area (Å²) < 4.78 is 0. The second-order valence-corrected chi connectivity index (χ2v) is 6.86. The maximum Gasteiger partial charge on any atom is 0.271 e. The molecule has 0 aromatic heterocycles. The third kappa shape index (κ3) is 5.72. The van der Waals surface area contributed by atoms with Crippen LogP contribution in [0.1, 0.15) is 15.9 Å². The molecular formula is C22H20N6O4. The molecular weight excluding hydrogens is 412 g/mol. The fraction of sp³-hybridized carbons (Fsp3) is 0.0909. The summed E-state index contributed by atoms with van der Waals surface area (Å²) in [5.41, 5.74) is 4.97. The van der Waals surface area contributed by atoms with Gasteiger partial charge in [0.2, 0.25) is 0 Å². The van der Waals surface area contributed by atoms with Crippen LogP contribution in [0.15, 0.2) is 82.1 Å². The van der Waals surface area contributed by atoms with E-state index in [2.05, 4.69) is 20.8 Å². The Morgan fingerprint density at radius 1 is 1.00 bits per heavy atom. The van der Waals surface area contributed by atoms with Gasteiger partial charge in [-0.15, -0.1) is 0 Å². The first kappa shape index (κ1) is 22.1. The van der Waals surface area contributed by atoms with Crippen molar-refractivity contribution in [2.45, 2.75) is 0 Å². The average Bonchev–Trinajstić information content (AvgIpc) is 2.79. The van der Waals surface area contributed by atoms with E-state index in [4.69, 9.17) is 0 Å². The lowest BCUT2D eigenvalue weighted by atomic mass is 10.2. The predicted octanol–water partition coefficient (Wildman–Crippen LogP) is 4.55. The number of nitrogens with one attached hydrogen (secondary N) is 1. The van der Waals surface area contributed by atoms with Crippen molar-refractivity contribution < 1.29 is 14.8 Å². The van der Waals surface area contributed by atoms with Crippen molar-refractivity contribution in [1.29, 1.82) is 0 Å². The van der Waals surface area contributed by atoms with Crippen LogP contribution < -0.4 is 10.3 Å². The summed E-state index contributed by atoms with van der Waals surface area (Å²) in [6.45, 7) is 0. The van der Waals surface area contributed by atoms with Crippen LogP contribution in [-0.2, 0) is 0 Å². The van der Waals surface area contributed by atoms with Crippen molar-refractivity contribution in [3.63, 3.8) is 0 Å². The molecule has 32 heavy (non-hydrogen) atoms. The minimum absolute atomic E-state index is 0.0391. The molecule has 0 spiro atoms. The van der Waals surface area contributed by atoms with Crippen molar-refractivity contribution in [3.8, 4) is 5.75 Å². The number of phenols is 1. The molecule has 0 saturated carbocycles. The van der Waals surface area contributed by atoms with Gasteiger partial charge in [0.1, 0.15) is 5.75 Å². The number of amides is 1. The number of phenolic OH excluding ortho intramolecular Hbond substituents is 1. The Morgan fingerprint density at radius 3 is 2.25 bits per heavy atom. The quantitative estimate of drug-likeness (QED) is 0.245. The Labute approximate surface area is 183 Å². The van der Waals surface area contributed by atoms with Gasteiger partial charge in [-0.2, -0.15) is 15.3 Å². The number of nitro benzene ring substituents is 1. The van der Waals surface area contributed by atoms with Gasteiger partial charge < -0.3 is 10.0 Å². The van der Waals surface area contributed by atoms with E-state index in [-0.39, 0.29) is 17.3 Å². The smallest absolute Gasteiger partial charge is 0.271 e. The number of azo groups is 1. The molecule has 3 rings (SSSR count). The first-order valence-electron chi connectivity index (χ1n) is 9.43. The number of non-ortho nitro benzene ring substituents is 1. The highest BCUT2D eigenvalue weighted by molar-refractivity contribution is 5.95. The Bertz CT molecular complexity index is 1170. The van der Waals surface area contributed by atoms with Crippen molar-refractivity contribution in [3.05, 3.63) is 88.0 Å². The lowest BCUT2D eigenvalue weighted by Gasteiger charge is -2.12. The second kappa shape index (κ2) is 9.94. The molecule has 0 bridgehead atoms. The van der Waals surface area contributed by atoms with Gasteiger partial charge in [0.05, 0.1) is 22.5 Å². The number of aromatic hydroxyl groups is 1. The first-order chi connectivity index (χ1) is 15.3. The third-order valence-electron chi connectivity index (χ3n) is 4.37. The number of benzene rings is 3. The SMILES string of the molecule is CN(C)c1ccc(C(=O)N/N=C/c2cc(N=Nc3ccc([N+](=O)[O-])cc3)ccc2O)cc1. The van der Waals surface area contributed by atoms with Crippen molar-refractivity contribution in [1.82, 2.24) is 5.43 Å². The van der Waals surface area contributed by atoms with Crippen LogP contribution >= 0.6 is 0 Å². The lowest BCUT2D eigenvalue weighted by molar-refractivity contribution is -0.384. The minimum atomic E-state index is -0.496. The number of carbonyl (C=O) groups is 1. The summed E-state index contributed by atoms with van der Waals surface area (Å²) in [4.78, 5) is 24.3. The van der Waals surface area contributed by atoms with Gasteiger partial charge in [-0.3, -0.25) is 14.9 Å². The average molecular weight is 432 g/mol. The maximum atomic E-state index is 12.2. The third-order valence-corrected chi connectivity index (χ3v) is 4.37. The molecule has 10 heteroatoms. The van der Waals surface area contributed by atoms with Gasteiger partial charge >= 0.3 is 0 Å². The lowest BCUT2D eigenvalue weighted by Crippen LogP contribution is -2.18. The summed E-state index contributed by atoms with van der Waals surface area (Å²) in [6.07, 6.45) is 1.30. The highest BCUT2D eigenvalue weighted by atomic mass is 16.6. The van der Waals surface area contributed by atoms with Crippen LogP contribution in [0.2, 0.25) is 0 Å². The highest BCUT2D eigenvalue weighted by Crippen LogP contribution is 2.25. The van der Waals surface area contributed by atoms with E-state index >= 15 is 0 Å². The van der Waals surface area contributed by atoms with Crippen LogP contribution in [0.3, 0.4) is 0 Å². The number of carbonyl (C=O) groups excluding carboxylic acids is 1. The summed E-state index contributed by atoms with van der Waals surface area (Å²) in [5, 5.41) is 32.7. The van der Waals surface area contributed by atoms with Gasteiger partial charge in [0, 0.05) is 43.0 Å². The molecule has 0 fully saturated rings. The predicted molar refractivity (Wildman–Crippen MR) is 121 cm³/mol. The van der Waals surface area contributed by atoms with E-state index in [1.807, 2.05) is 31.1 Å². The van der Waals surface area contributed by atoms with Crippen molar-refractivity contribution in [2.24, 2.45) is 15.3 Å². The number of hydrazone groups is 1. The number of rotatable bonds is 7. The molecule has 0 aliphatic rings. The number of hydrogen-bond donors (Lipinski definition) is 2. The normalized spacial score (nSPS) is 11.1. The maximum absolute atomic E-state index is 12.2. The Balaban J connectivity index is 1.66. The molecule has 2 N–H and O–H groups in total. The number of hydrogen-bond acceptors (Lipinski definition) is 8. The van der Waals surface area contributed by atoms with E-state index in [9.17, 15) is 20.0 Å². The first-order valence-corrected chi connectivity index (χ1v) is 9.43. The van der Waals surface area contributed by atoms with E-state index < -0.39 is 4.92 Å². The van der Waals surface area contributed by atoms with Crippen LogP contribution in [0.5, 0.6) is 5.75 Å².